The lowest BCUT2D eigenvalue weighted by atomic mass is 10.2. The summed E-state index contributed by atoms with van der Waals surface area (Å²) in [6.45, 7) is 4.45. The second-order valence-electron chi connectivity index (χ2n) is 6.44. The summed E-state index contributed by atoms with van der Waals surface area (Å²) >= 11 is 1.40. The van der Waals surface area contributed by atoms with Crippen molar-refractivity contribution in [1.82, 2.24) is 19.9 Å². The van der Waals surface area contributed by atoms with E-state index in [4.69, 9.17) is 9.15 Å². The van der Waals surface area contributed by atoms with Gasteiger partial charge in [0.2, 0.25) is 5.89 Å². The van der Waals surface area contributed by atoms with Crippen molar-refractivity contribution in [2.45, 2.75) is 24.8 Å². The first kappa shape index (κ1) is 19.9. The first-order valence-corrected chi connectivity index (χ1v) is 10.4. The number of aryl methyl sites for hydroxylation is 1. The van der Waals surface area contributed by atoms with Crippen molar-refractivity contribution in [2.75, 3.05) is 6.61 Å². The number of nitrogens with one attached hydrogen (secondary N) is 1. The molecule has 152 valence electrons. The van der Waals surface area contributed by atoms with Crippen LogP contribution < -0.4 is 10.3 Å². The number of H-pyrrole nitrogens is 1. The number of ether oxygens (including phenoxy) is 1. The molecule has 3 heterocycles. The quantitative estimate of drug-likeness (QED) is 0.348. The van der Waals surface area contributed by atoms with Crippen LogP contribution in [0, 0.1) is 6.92 Å². The number of hydrogen-bond donors (Lipinski definition) is 1. The number of aromatic amines is 1. The highest BCUT2D eigenvalue weighted by Crippen LogP contribution is 2.27. The van der Waals surface area contributed by atoms with Gasteiger partial charge in [-0.15, -0.1) is 0 Å². The second-order valence-corrected chi connectivity index (χ2v) is 7.40. The molecule has 1 N–H and O–H groups in total. The van der Waals surface area contributed by atoms with Crippen LogP contribution in [-0.2, 0) is 5.75 Å². The minimum Gasteiger partial charge on any atom is -0.494 e. The molecule has 0 amide bonds. The number of nitrogens with zero attached hydrogens (tertiary/aromatic N) is 3. The van der Waals surface area contributed by atoms with E-state index >= 15 is 0 Å². The molecule has 30 heavy (non-hydrogen) atoms. The maximum absolute atomic E-state index is 12.1. The molecule has 4 aromatic rings. The summed E-state index contributed by atoms with van der Waals surface area (Å²) in [5.41, 5.74) is 2.93. The first-order chi connectivity index (χ1) is 14.6. The minimum atomic E-state index is -0.203. The third-order valence-electron chi connectivity index (χ3n) is 4.35. The lowest BCUT2D eigenvalue weighted by Gasteiger charge is -2.03. The van der Waals surface area contributed by atoms with Gasteiger partial charge >= 0.3 is 0 Å². The highest BCUT2D eigenvalue weighted by atomic mass is 32.2. The summed E-state index contributed by atoms with van der Waals surface area (Å²) in [6, 6.07) is 12.7. The maximum Gasteiger partial charge on any atom is 0.252 e. The second kappa shape index (κ2) is 8.96. The Morgan fingerprint density at radius 3 is 2.57 bits per heavy atom. The summed E-state index contributed by atoms with van der Waals surface area (Å²) < 4.78 is 11.3. The zero-order valence-corrected chi connectivity index (χ0v) is 17.4. The van der Waals surface area contributed by atoms with Crippen molar-refractivity contribution in [1.29, 1.82) is 0 Å². The standard InChI is InChI=1S/C22H20N4O3S/c1-3-28-17-6-4-16(5-7-17)21-24-19(14(2)29-21)13-30-22-25-18(12-20(27)26-22)15-8-10-23-11-9-15/h4-12H,3,13H2,1-2H3,(H,25,26,27). The van der Waals surface area contributed by atoms with Crippen LogP contribution in [-0.4, -0.2) is 26.5 Å². The zero-order chi connectivity index (χ0) is 20.9. The smallest absolute Gasteiger partial charge is 0.252 e. The summed E-state index contributed by atoms with van der Waals surface area (Å²) in [7, 11) is 0. The lowest BCUT2D eigenvalue weighted by Crippen LogP contribution is -2.08. The fraction of sp³-hybridized carbons (Fsp3) is 0.182. The van der Waals surface area contributed by atoms with Crippen LogP contribution in [0.15, 0.2) is 69.2 Å². The highest BCUT2D eigenvalue weighted by Gasteiger charge is 2.13. The molecule has 0 aliphatic carbocycles. The van der Waals surface area contributed by atoms with Gasteiger partial charge in [-0.2, -0.15) is 0 Å². The van der Waals surface area contributed by atoms with Gasteiger partial charge in [-0.25, -0.2) is 9.97 Å². The van der Waals surface area contributed by atoms with Crippen molar-refractivity contribution >= 4 is 11.8 Å². The van der Waals surface area contributed by atoms with Gasteiger partial charge in [0.05, 0.1) is 18.0 Å². The largest absolute Gasteiger partial charge is 0.494 e. The molecule has 0 bridgehead atoms. The molecule has 0 unspecified atom stereocenters. The first-order valence-electron chi connectivity index (χ1n) is 9.46. The predicted molar refractivity (Wildman–Crippen MR) is 115 cm³/mol. The summed E-state index contributed by atoms with van der Waals surface area (Å²) in [4.78, 5) is 28.0. The Kier molecular flexibility index (Phi) is 5.94. The van der Waals surface area contributed by atoms with Gasteiger partial charge in [0.25, 0.3) is 5.56 Å². The van der Waals surface area contributed by atoms with Gasteiger partial charge in [0.1, 0.15) is 11.5 Å². The predicted octanol–water partition coefficient (Wildman–Crippen LogP) is 4.49. The lowest BCUT2D eigenvalue weighted by molar-refractivity contribution is 0.340. The third kappa shape index (κ3) is 4.60. The van der Waals surface area contributed by atoms with Crippen molar-refractivity contribution < 1.29 is 9.15 Å². The van der Waals surface area contributed by atoms with E-state index in [9.17, 15) is 4.79 Å². The van der Waals surface area contributed by atoms with Gasteiger partial charge in [0, 0.05) is 35.3 Å². The van der Waals surface area contributed by atoms with Crippen molar-refractivity contribution in [3.63, 3.8) is 0 Å². The van der Waals surface area contributed by atoms with E-state index < -0.39 is 0 Å². The third-order valence-corrected chi connectivity index (χ3v) is 5.23. The number of benzene rings is 1. The fourth-order valence-electron chi connectivity index (χ4n) is 2.86. The fourth-order valence-corrected chi connectivity index (χ4v) is 3.73. The molecule has 1 aromatic carbocycles. The summed E-state index contributed by atoms with van der Waals surface area (Å²) in [5, 5.41) is 0.527. The van der Waals surface area contributed by atoms with Gasteiger partial charge in [-0.1, -0.05) is 11.8 Å². The minimum absolute atomic E-state index is 0.203. The maximum atomic E-state index is 12.1. The van der Waals surface area contributed by atoms with Crippen LogP contribution >= 0.6 is 11.8 Å². The molecule has 0 radical (unpaired) electrons. The van der Waals surface area contributed by atoms with Gasteiger partial charge < -0.3 is 14.1 Å². The van der Waals surface area contributed by atoms with E-state index in [0.717, 1.165) is 28.3 Å². The van der Waals surface area contributed by atoms with Crippen LogP contribution in [0.4, 0.5) is 0 Å². The van der Waals surface area contributed by atoms with E-state index in [1.165, 1.54) is 17.8 Å². The Morgan fingerprint density at radius 2 is 1.83 bits per heavy atom. The van der Waals surface area contributed by atoms with Crippen LogP contribution in [0.1, 0.15) is 18.4 Å². The Morgan fingerprint density at radius 1 is 1.07 bits per heavy atom. The molecule has 4 rings (SSSR count). The van der Waals surface area contributed by atoms with Crippen LogP contribution in [0.3, 0.4) is 0 Å². The molecular formula is C22H20N4O3S. The SMILES string of the molecule is CCOc1ccc(-c2nc(CSc3nc(-c4ccncc4)cc(=O)[nH]3)c(C)o2)cc1. The molecule has 8 heteroatoms. The number of oxazole rings is 1. The highest BCUT2D eigenvalue weighted by molar-refractivity contribution is 7.98. The molecule has 0 saturated carbocycles. The summed E-state index contributed by atoms with van der Waals surface area (Å²) in [5.74, 6) is 2.62. The molecule has 3 aromatic heterocycles. The molecule has 0 fully saturated rings. The average molecular weight is 420 g/mol. The number of hydrogen-bond acceptors (Lipinski definition) is 7. The Labute approximate surface area is 177 Å². The number of rotatable bonds is 7. The normalized spacial score (nSPS) is 10.9. The molecule has 0 atom stereocenters. The van der Waals surface area contributed by atoms with E-state index in [2.05, 4.69) is 19.9 Å². The van der Waals surface area contributed by atoms with Crippen molar-refractivity contribution in [3.8, 4) is 28.5 Å². The monoisotopic (exact) mass is 420 g/mol. The zero-order valence-electron chi connectivity index (χ0n) is 16.6. The Bertz CT molecular complexity index is 1190. The molecule has 0 aliphatic rings. The average Bonchev–Trinajstić information content (AvgIpc) is 3.14. The molecule has 0 saturated heterocycles. The number of pyridine rings is 1. The Balaban J connectivity index is 1.51. The van der Waals surface area contributed by atoms with E-state index in [1.807, 2.05) is 50.2 Å². The van der Waals surface area contributed by atoms with Crippen LogP contribution in [0.2, 0.25) is 0 Å². The van der Waals surface area contributed by atoms with E-state index in [1.54, 1.807) is 12.4 Å². The van der Waals surface area contributed by atoms with Crippen molar-refractivity contribution in [3.05, 3.63) is 76.7 Å². The molecular weight excluding hydrogens is 400 g/mol. The molecule has 0 aliphatic heterocycles. The van der Waals surface area contributed by atoms with Gasteiger partial charge in [-0.3, -0.25) is 9.78 Å². The van der Waals surface area contributed by atoms with E-state index in [0.29, 0.717) is 29.1 Å². The molecule has 0 spiro atoms. The van der Waals surface area contributed by atoms with Crippen LogP contribution in [0.5, 0.6) is 5.75 Å². The summed E-state index contributed by atoms with van der Waals surface area (Å²) in [6.07, 6.45) is 3.35. The van der Waals surface area contributed by atoms with E-state index in [-0.39, 0.29) is 5.56 Å². The van der Waals surface area contributed by atoms with Gasteiger partial charge in [0.15, 0.2) is 5.16 Å². The van der Waals surface area contributed by atoms with Crippen LogP contribution in [0.25, 0.3) is 22.7 Å². The Hall–Kier alpha value is -3.39. The molecule has 7 nitrogen and oxygen atoms in total. The van der Waals surface area contributed by atoms with Gasteiger partial charge in [-0.05, 0) is 50.2 Å². The topological polar surface area (TPSA) is 93.9 Å². The number of aromatic nitrogens is 4. The number of thioether (sulfide) groups is 1. The van der Waals surface area contributed by atoms with Crippen molar-refractivity contribution in [2.24, 2.45) is 0 Å².